The fraction of sp³-hybridized carbons (Fsp3) is 0.643. The molecule has 2 N–H and O–H groups in total. The molecule has 0 aliphatic heterocycles. The molecule has 0 unspecified atom stereocenters. The highest BCUT2D eigenvalue weighted by Gasteiger charge is 2.52. The monoisotopic (exact) mass is 450 g/mol. The van der Waals surface area contributed by atoms with Crippen molar-refractivity contribution in [1.82, 2.24) is 10.3 Å². The molecular formula is C28H38N2O3. The van der Waals surface area contributed by atoms with Gasteiger partial charge in [-0.15, -0.1) is 0 Å². The van der Waals surface area contributed by atoms with Crippen LogP contribution in [0.4, 0.5) is 0 Å². The first-order valence-electron chi connectivity index (χ1n) is 12.9. The van der Waals surface area contributed by atoms with Crippen molar-refractivity contribution >= 4 is 16.9 Å². The summed E-state index contributed by atoms with van der Waals surface area (Å²) in [5.41, 5.74) is 1.66. The van der Waals surface area contributed by atoms with Gasteiger partial charge < -0.3 is 15.2 Å². The summed E-state index contributed by atoms with van der Waals surface area (Å²) in [6.45, 7) is 5.40. The van der Waals surface area contributed by atoms with E-state index in [1.165, 1.54) is 12.8 Å². The number of carbonyl (C=O) groups is 1. The van der Waals surface area contributed by atoms with Crippen molar-refractivity contribution in [2.45, 2.75) is 96.2 Å². The molecule has 5 nitrogen and oxygen atoms in total. The number of pyridine rings is 1. The number of nitrogens with zero attached hydrogens (tertiary/aromatic N) is 1. The Hall–Kier alpha value is -2.14. The van der Waals surface area contributed by atoms with E-state index in [1.54, 1.807) is 0 Å². The zero-order valence-corrected chi connectivity index (χ0v) is 20.1. The predicted octanol–water partition coefficient (Wildman–Crippen LogP) is 6.10. The van der Waals surface area contributed by atoms with E-state index >= 15 is 0 Å². The Balaban J connectivity index is 1.18. The van der Waals surface area contributed by atoms with Gasteiger partial charge in [-0.05, 0) is 100 Å². The van der Waals surface area contributed by atoms with Crippen molar-refractivity contribution in [3.8, 4) is 5.75 Å². The van der Waals surface area contributed by atoms with E-state index in [-0.39, 0.29) is 5.54 Å². The van der Waals surface area contributed by atoms with Crippen molar-refractivity contribution in [3.05, 3.63) is 36.0 Å². The summed E-state index contributed by atoms with van der Waals surface area (Å²) in [7, 11) is 0. The van der Waals surface area contributed by atoms with Gasteiger partial charge in [0.25, 0.3) is 0 Å². The zero-order chi connectivity index (χ0) is 23.1. The number of benzene rings is 1. The topological polar surface area (TPSA) is 71.5 Å². The summed E-state index contributed by atoms with van der Waals surface area (Å²) in [4.78, 5) is 16.6. The van der Waals surface area contributed by atoms with Crippen molar-refractivity contribution in [1.29, 1.82) is 0 Å². The second-order valence-electron chi connectivity index (χ2n) is 11.3. The summed E-state index contributed by atoms with van der Waals surface area (Å²) >= 11 is 0. The number of aliphatic carboxylic acids is 1. The number of fused-ring (bicyclic) bond motifs is 4. The molecule has 4 aliphatic carbocycles. The molecule has 0 radical (unpaired) electrons. The third-order valence-corrected chi connectivity index (χ3v) is 9.03. The fourth-order valence-electron chi connectivity index (χ4n) is 6.43. The number of carboxylic acids is 1. The van der Waals surface area contributed by atoms with Crippen molar-refractivity contribution in [3.63, 3.8) is 0 Å². The molecule has 178 valence electrons. The van der Waals surface area contributed by atoms with Crippen molar-refractivity contribution in [2.24, 2.45) is 17.3 Å². The number of nitrogens with one attached hydrogen (secondary N) is 1. The Morgan fingerprint density at radius 1 is 1.06 bits per heavy atom. The Kier molecular flexibility index (Phi) is 6.11. The first kappa shape index (κ1) is 22.6. The average Bonchev–Trinajstić information content (AvgIpc) is 2.84. The maximum atomic E-state index is 11.7. The van der Waals surface area contributed by atoms with Crippen LogP contribution in [0.25, 0.3) is 10.9 Å². The molecule has 1 aromatic heterocycles. The van der Waals surface area contributed by atoms with Gasteiger partial charge in [0.15, 0.2) is 0 Å². The molecule has 33 heavy (non-hydrogen) atoms. The van der Waals surface area contributed by atoms with Crippen LogP contribution in [0.15, 0.2) is 30.3 Å². The second kappa shape index (κ2) is 8.90. The van der Waals surface area contributed by atoms with E-state index < -0.39 is 11.4 Å². The maximum absolute atomic E-state index is 11.7. The third-order valence-electron chi connectivity index (χ3n) is 9.03. The SMILES string of the molecule is CC(C)C1CCC(Oc2ccc3nc(CNC45CCC(C(=O)O)(CC4)CC5)ccc3c2)CC1. The van der Waals surface area contributed by atoms with Crippen molar-refractivity contribution < 1.29 is 14.6 Å². The van der Waals surface area contributed by atoms with Crippen LogP contribution in [0.1, 0.15) is 83.7 Å². The molecule has 0 atom stereocenters. The highest BCUT2D eigenvalue weighted by atomic mass is 16.5. The first-order chi connectivity index (χ1) is 15.9. The summed E-state index contributed by atoms with van der Waals surface area (Å²) in [5, 5.41) is 14.5. The number of carboxylic acid groups (broad SMARTS) is 1. The number of ether oxygens (including phenoxy) is 1. The van der Waals surface area contributed by atoms with E-state index in [4.69, 9.17) is 9.72 Å². The van der Waals surface area contributed by atoms with E-state index in [1.807, 2.05) is 0 Å². The Morgan fingerprint density at radius 2 is 1.76 bits per heavy atom. The number of hydrogen-bond donors (Lipinski definition) is 2. The molecule has 2 aromatic rings. The summed E-state index contributed by atoms with van der Waals surface area (Å²) in [6.07, 6.45) is 10.4. The van der Waals surface area contributed by atoms with Gasteiger partial charge in [-0.1, -0.05) is 19.9 Å². The quantitative estimate of drug-likeness (QED) is 0.534. The minimum absolute atomic E-state index is 0.0834. The molecule has 2 bridgehead atoms. The lowest BCUT2D eigenvalue weighted by Gasteiger charge is -2.51. The lowest BCUT2D eigenvalue weighted by Crippen LogP contribution is -2.56. The minimum atomic E-state index is -0.599. The minimum Gasteiger partial charge on any atom is -0.490 e. The molecule has 1 aromatic carbocycles. The smallest absolute Gasteiger partial charge is 0.309 e. The highest BCUT2D eigenvalue weighted by Crippen LogP contribution is 2.52. The first-order valence-corrected chi connectivity index (χ1v) is 12.9. The van der Waals surface area contributed by atoms with Gasteiger partial charge in [0, 0.05) is 17.5 Å². The molecule has 4 saturated carbocycles. The summed E-state index contributed by atoms with van der Waals surface area (Å²) < 4.78 is 6.32. The molecule has 1 heterocycles. The lowest BCUT2D eigenvalue weighted by molar-refractivity contribution is -0.156. The third kappa shape index (κ3) is 4.62. The molecule has 0 spiro atoms. The van der Waals surface area contributed by atoms with Crippen LogP contribution >= 0.6 is 0 Å². The van der Waals surface area contributed by atoms with Gasteiger partial charge >= 0.3 is 5.97 Å². The van der Waals surface area contributed by atoms with Crippen LogP contribution in [0.5, 0.6) is 5.75 Å². The second-order valence-corrected chi connectivity index (χ2v) is 11.3. The Morgan fingerprint density at radius 3 is 2.39 bits per heavy atom. The van der Waals surface area contributed by atoms with Gasteiger partial charge in [0.1, 0.15) is 5.75 Å². The van der Waals surface area contributed by atoms with Gasteiger partial charge in [0.2, 0.25) is 0 Å². The summed E-state index contributed by atoms with van der Waals surface area (Å²) in [5.74, 6) is 1.97. The lowest BCUT2D eigenvalue weighted by atomic mass is 9.57. The van der Waals surface area contributed by atoms with Crippen LogP contribution in [0.3, 0.4) is 0 Å². The molecule has 0 amide bonds. The largest absolute Gasteiger partial charge is 0.490 e. The molecule has 6 rings (SSSR count). The average molecular weight is 451 g/mol. The molecule has 4 fully saturated rings. The standard InChI is InChI=1S/C28H38N2O3/c1-19(2)20-4-7-23(8-5-20)33-24-9-10-25-21(17-24)3-6-22(30-25)18-29-28-14-11-27(12-15-28,13-16-28)26(31)32/h3,6,9-10,17,19-20,23,29H,4-5,7-8,11-16,18H2,1-2H3,(H,31,32). The van der Waals surface area contributed by atoms with Crippen LogP contribution in [0.2, 0.25) is 0 Å². The van der Waals surface area contributed by atoms with E-state index in [2.05, 4.69) is 49.5 Å². The number of rotatable bonds is 7. The molecule has 0 saturated heterocycles. The predicted molar refractivity (Wildman–Crippen MR) is 130 cm³/mol. The van der Waals surface area contributed by atoms with Gasteiger partial charge in [-0.2, -0.15) is 0 Å². The summed E-state index contributed by atoms with van der Waals surface area (Å²) in [6, 6.07) is 10.5. The van der Waals surface area contributed by atoms with Gasteiger partial charge in [0.05, 0.1) is 22.7 Å². The molecular weight excluding hydrogens is 412 g/mol. The van der Waals surface area contributed by atoms with E-state index in [0.29, 0.717) is 6.10 Å². The molecule has 4 aliphatic rings. The van der Waals surface area contributed by atoms with Crippen LogP contribution < -0.4 is 10.1 Å². The Bertz CT molecular complexity index is 985. The van der Waals surface area contributed by atoms with Crippen LogP contribution in [0, 0.1) is 17.3 Å². The van der Waals surface area contributed by atoms with Crippen LogP contribution in [-0.4, -0.2) is 27.7 Å². The number of hydrogen-bond acceptors (Lipinski definition) is 4. The maximum Gasteiger partial charge on any atom is 0.309 e. The van der Waals surface area contributed by atoms with Gasteiger partial charge in [-0.3, -0.25) is 9.78 Å². The van der Waals surface area contributed by atoms with E-state index in [9.17, 15) is 9.90 Å². The van der Waals surface area contributed by atoms with Crippen LogP contribution in [-0.2, 0) is 11.3 Å². The Labute approximate surface area is 197 Å². The van der Waals surface area contributed by atoms with E-state index in [0.717, 1.165) is 92.1 Å². The normalized spacial score (nSPS) is 31.7. The van der Waals surface area contributed by atoms with Gasteiger partial charge in [-0.25, -0.2) is 0 Å². The molecule has 5 heteroatoms. The van der Waals surface area contributed by atoms with Crippen molar-refractivity contribution in [2.75, 3.05) is 0 Å². The zero-order valence-electron chi connectivity index (χ0n) is 20.1. The highest BCUT2D eigenvalue weighted by molar-refractivity contribution is 5.80. The number of aromatic nitrogens is 1. The fourth-order valence-corrected chi connectivity index (χ4v) is 6.43.